The van der Waals surface area contributed by atoms with Gasteiger partial charge < -0.3 is 10.2 Å². The minimum atomic E-state index is -0.444. The van der Waals surface area contributed by atoms with E-state index in [1.165, 1.54) is 12.0 Å². The van der Waals surface area contributed by atoms with Gasteiger partial charge in [0, 0.05) is 0 Å². The van der Waals surface area contributed by atoms with Crippen molar-refractivity contribution in [3.8, 4) is 6.07 Å². The molecule has 0 aromatic heterocycles. The lowest BCUT2D eigenvalue weighted by Gasteiger charge is -2.57. The van der Waals surface area contributed by atoms with Crippen molar-refractivity contribution >= 4 is 0 Å². The molecule has 8 atom stereocenters. The maximum atomic E-state index is 10.4. The number of fused-ring (bicyclic) bond motifs is 5. The highest BCUT2D eigenvalue weighted by Gasteiger charge is 2.61. The lowest BCUT2D eigenvalue weighted by molar-refractivity contribution is -0.0440. The first-order valence-corrected chi connectivity index (χ1v) is 9.35. The molecule has 4 unspecified atom stereocenters. The number of nitrogens with zero attached hydrogens (tertiary/aromatic N) is 1. The Morgan fingerprint density at radius 3 is 2.70 bits per heavy atom. The molecular formula is C20H29NO2. The molecular weight excluding hydrogens is 286 g/mol. The zero-order valence-corrected chi connectivity index (χ0v) is 14.3. The standard InChI is InChI=1S/C20H29NO2/c1-19-7-5-13(22)9-12(19)3-4-14-15(19)6-8-20(2)16(14)10-18(23)17(20)11-21/h3,13-18,22-23H,4-10H2,1-2H3/t13-,14?,15?,16?,17?,18-,19-,20-/m0/s1. The Kier molecular flexibility index (Phi) is 3.45. The van der Waals surface area contributed by atoms with Crippen molar-refractivity contribution in [3.63, 3.8) is 0 Å². The summed E-state index contributed by atoms with van der Waals surface area (Å²) in [4.78, 5) is 0. The Balaban J connectivity index is 1.69. The quantitative estimate of drug-likeness (QED) is 0.673. The number of aliphatic hydroxyl groups is 2. The molecule has 3 heteroatoms. The Morgan fingerprint density at radius 1 is 1.17 bits per heavy atom. The third-order valence-electron chi connectivity index (χ3n) is 8.25. The van der Waals surface area contributed by atoms with Gasteiger partial charge >= 0.3 is 0 Å². The van der Waals surface area contributed by atoms with Crippen LogP contribution in [0, 0.1) is 45.8 Å². The zero-order valence-electron chi connectivity index (χ0n) is 14.3. The first-order valence-electron chi connectivity index (χ1n) is 9.35. The van der Waals surface area contributed by atoms with Crippen molar-refractivity contribution in [1.82, 2.24) is 0 Å². The molecule has 0 aromatic rings. The van der Waals surface area contributed by atoms with Crippen LogP contribution < -0.4 is 0 Å². The van der Waals surface area contributed by atoms with Crippen molar-refractivity contribution in [2.24, 2.45) is 34.5 Å². The SMILES string of the molecule is C[C@]12CCC3C(CC=C4C[C@@H](O)CC[C@@]43C)C1C[C@H](O)C2C#N. The van der Waals surface area contributed by atoms with Gasteiger partial charge in [-0.3, -0.25) is 0 Å². The van der Waals surface area contributed by atoms with Gasteiger partial charge in [0.25, 0.3) is 0 Å². The first-order chi connectivity index (χ1) is 10.9. The molecule has 3 nitrogen and oxygen atoms in total. The van der Waals surface area contributed by atoms with Crippen LogP contribution in [0.15, 0.2) is 11.6 Å². The molecule has 0 aromatic carbocycles. The second-order valence-corrected chi connectivity index (χ2v) is 9.11. The molecule has 23 heavy (non-hydrogen) atoms. The molecule has 3 fully saturated rings. The summed E-state index contributed by atoms with van der Waals surface area (Å²) in [5.41, 5.74) is 1.71. The van der Waals surface area contributed by atoms with E-state index in [-0.39, 0.29) is 22.9 Å². The number of aliphatic hydroxyl groups excluding tert-OH is 2. The maximum absolute atomic E-state index is 10.4. The Bertz CT molecular complexity index is 579. The first kappa shape index (κ1) is 15.7. The van der Waals surface area contributed by atoms with E-state index in [4.69, 9.17) is 0 Å². The molecule has 4 aliphatic rings. The third kappa shape index (κ3) is 2.01. The number of allylic oxidation sites excluding steroid dienone is 1. The molecule has 0 spiro atoms. The fraction of sp³-hybridized carbons (Fsp3) is 0.850. The predicted octanol–water partition coefficient (Wildman–Crippen LogP) is 3.42. The van der Waals surface area contributed by atoms with E-state index < -0.39 is 6.10 Å². The van der Waals surface area contributed by atoms with Gasteiger partial charge in [-0.25, -0.2) is 0 Å². The van der Waals surface area contributed by atoms with Crippen molar-refractivity contribution in [3.05, 3.63) is 11.6 Å². The van der Waals surface area contributed by atoms with Gasteiger partial charge in [0.1, 0.15) is 0 Å². The highest BCUT2D eigenvalue weighted by atomic mass is 16.3. The van der Waals surface area contributed by atoms with Crippen molar-refractivity contribution in [1.29, 1.82) is 5.26 Å². The van der Waals surface area contributed by atoms with E-state index in [1.54, 1.807) is 0 Å². The van der Waals surface area contributed by atoms with Gasteiger partial charge in [0.05, 0.1) is 24.2 Å². The molecule has 126 valence electrons. The smallest absolute Gasteiger partial charge is 0.0779 e. The van der Waals surface area contributed by atoms with Crippen LogP contribution in [-0.2, 0) is 0 Å². The van der Waals surface area contributed by atoms with Crippen LogP contribution in [0.2, 0.25) is 0 Å². The van der Waals surface area contributed by atoms with Crippen LogP contribution in [0.4, 0.5) is 0 Å². The highest BCUT2D eigenvalue weighted by molar-refractivity contribution is 5.26. The predicted molar refractivity (Wildman–Crippen MR) is 88.2 cm³/mol. The molecule has 0 saturated heterocycles. The number of rotatable bonds is 0. The van der Waals surface area contributed by atoms with E-state index in [2.05, 4.69) is 26.0 Å². The molecule has 0 radical (unpaired) electrons. The molecule has 4 aliphatic carbocycles. The van der Waals surface area contributed by atoms with Crippen molar-refractivity contribution in [2.75, 3.05) is 0 Å². The fourth-order valence-electron chi connectivity index (χ4n) is 6.89. The second kappa shape index (κ2) is 5.07. The zero-order chi connectivity index (χ0) is 16.4. The van der Waals surface area contributed by atoms with E-state index in [1.807, 2.05) is 0 Å². The van der Waals surface area contributed by atoms with Crippen molar-refractivity contribution < 1.29 is 10.2 Å². The molecule has 0 aliphatic heterocycles. The van der Waals surface area contributed by atoms with Gasteiger partial charge in [-0.2, -0.15) is 5.26 Å². The number of hydrogen-bond acceptors (Lipinski definition) is 3. The Labute approximate surface area is 139 Å². The molecule has 0 heterocycles. The minimum Gasteiger partial charge on any atom is -0.393 e. The van der Waals surface area contributed by atoms with Crippen molar-refractivity contribution in [2.45, 2.75) is 71.0 Å². The lowest BCUT2D eigenvalue weighted by Crippen LogP contribution is -2.50. The Morgan fingerprint density at radius 2 is 1.96 bits per heavy atom. The van der Waals surface area contributed by atoms with Gasteiger partial charge in [0.2, 0.25) is 0 Å². The largest absolute Gasteiger partial charge is 0.393 e. The summed E-state index contributed by atoms with van der Waals surface area (Å²) in [6.07, 6.45) is 8.79. The third-order valence-corrected chi connectivity index (χ3v) is 8.25. The van der Waals surface area contributed by atoms with Crippen LogP contribution in [0.1, 0.15) is 58.8 Å². The number of nitriles is 1. The normalized spacial score (nSPS) is 55.2. The molecule has 2 N–H and O–H groups in total. The maximum Gasteiger partial charge on any atom is 0.0779 e. The van der Waals surface area contributed by atoms with Crippen LogP contribution in [0.5, 0.6) is 0 Å². The summed E-state index contributed by atoms with van der Waals surface area (Å²) in [5.74, 6) is 1.55. The van der Waals surface area contributed by atoms with E-state index in [9.17, 15) is 15.5 Å². The van der Waals surface area contributed by atoms with Gasteiger partial charge in [0.15, 0.2) is 0 Å². The van der Waals surface area contributed by atoms with E-state index >= 15 is 0 Å². The summed E-state index contributed by atoms with van der Waals surface area (Å²) in [7, 11) is 0. The second-order valence-electron chi connectivity index (χ2n) is 9.11. The average Bonchev–Trinajstić information content (AvgIpc) is 2.77. The van der Waals surface area contributed by atoms with Crippen LogP contribution in [0.3, 0.4) is 0 Å². The summed E-state index contributed by atoms with van der Waals surface area (Å²) < 4.78 is 0. The molecule has 4 rings (SSSR count). The van der Waals surface area contributed by atoms with Gasteiger partial charge in [-0.1, -0.05) is 25.5 Å². The fourth-order valence-corrected chi connectivity index (χ4v) is 6.89. The van der Waals surface area contributed by atoms with E-state index in [0.717, 1.165) is 38.5 Å². The average molecular weight is 315 g/mol. The van der Waals surface area contributed by atoms with Crippen LogP contribution in [-0.4, -0.2) is 22.4 Å². The monoisotopic (exact) mass is 315 g/mol. The number of hydrogen-bond donors (Lipinski definition) is 2. The topological polar surface area (TPSA) is 64.2 Å². The summed E-state index contributed by atoms with van der Waals surface area (Å²) >= 11 is 0. The molecule has 3 saturated carbocycles. The minimum absolute atomic E-state index is 0.00871. The summed E-state index contributed by atoms with van der Waals surface area (Å²) in [5, 5.41) is 30.0. The summed E-state index contributed by atoms with van der Waals surface area (Å²) in [6.45, 7) is 4.67. The molecule has 0 bridgehead atoms. The highest BCUT2D eigenvalue weighted by Crippen LogP contribution is 2.66. The van der Waals surface area contributed by atoms with Gasteiger partial charge in [-0.15, -0.1) is 0 Å². The van der Waals surface area contributed by atoms with Gasteiger partial charge in [-0.05, 0) is 73.5 Å². The van der Waals surface area contributed by atoms with E-state index in [0.29, 0.717) is 17.8 Å². The van der Waals surface area contributed by atoms with Crippen LogP contribution >= 0.6 is 0 Å². The van der Waals surface area contributed by atoms with Crippen LogP contribution in [0.25, 0.3) is 0 Å². The Hall–Kier alpha value is -0.850. The lowest BCUT2D eigenvalue weighted by atomic mass is 9.47. The summed E-state index contributed by atoms with van der Waals surface area (Å²) in [6, 6.07) is 2.42. The molecule has 0 amide bonds.